The Morgan fingerprint density at radius 1 is 1.11 bits per heavy atom. The molecule has 0 saturated heterocycles. The highest BCUT2D eigenvalue weighted by atomic mass is 19.1. The maximum absolute atomic E-state index is 13.3. The van der Waals surface area contributed by atoms with Crippen molar-refractivity contribution in [3.63, 3.8) is 0 Å². The fourth-order valence-electron chi connectivity index (χ4n) is 1.40. The number of nitrogens with zero attached hydrogens (tertiary/aromatic N) is 1. The summed E-state index contributed by atoms with van der Waals surface area (Å²) in [6.07, 6.45) is 0. The number of nitriles is 1. The molecule has 2 rings (SSSR count). The number of hydrogen-bond acceptors (Lipinski definition) is 3. The summed E-state index contributed by atoms with van der Waals surface area (Å²) in [6.45, 7) is 0. The summed E-state index contributed by atoms with van der Waals surface area (Å²) in [6, 6.07) is 9.89. The highest BCUT2D eigenvalue weighted by Crippen LogP contribution is 2.17. The molecule has 0 aliphatic carbocycles. The molecular formula is C14H7F2NO2. The molecule has 0 heterocycles. The predicted octanol–water partition coefficient (Wildman–Crippen LogP) is 3.06. The van der Waals surface area contributed by atoms with E-state index >= 15 is 0 Å². The van der Waals surface area contributed by atoms with Gasteiger partial charge in [0, 0.05) is 6.07 Å². The molecule has 0 aromatic heterocycles. The molecule has 0 aliphatic rings. The number of hydrogen-bond donors (Lipinski definition) is 0. The number of carbonyl (C=O) groups excluding carboxylic acids is 1. The van der Waals surface area contributed by atoms with Crippen molar-refractivity contribution in [1.82, 2.24) is 0 Å². The Labute approximate surface area is 107 Å². The second-order valence-corrected chi connectivity index (χ2v) is 3.65. The lowest BCUT2D eigenvalue weighted by molar-refractivity contribution is 0.0734. The van der Waals surface area contributed by atoms with Gasteiger partial charge in [0.15, 0.2) is 0 Å². The van der Waals surface area contributed by atoms with E-state index < -0.39 is 17.6 Å². The molecule has 0 fully saturated rings. The van der Waals surface area contributed by atoms with E-state index in [1.54, 1.807) is 6.07 Å². The lowest BCUT2D eigenvalue weighted by Crippen LogP contribution is -2.08. The maximum Gasteiger partial charge on any atom is 0.343 e. The van der Waals surface area contributed by atoms with Crippen molar-refractivity contribution in [2.75, 3.05) is 0 Å². The molecule has 2 aromatic rings. The molecule has 2 aromatic carbocycles. The number of halogens is 2. The maximum atomic E-state index is 13.3. The van der Waals surface area contributed by atoms with E-state index in [9.17, 15) is 13.6 Å². The van der Waals surface area contributed by atoms with Crippen LogP contribution >= 0.6 is 0 Å². The normalized spacial score (nSPS) is 9.74. The van der Waals surface area contributed by atoms with Crippen molar-refractivity contribution in [3.8, 4) is 11.8 Å². The van der Waals surface area contributed by atoms with Gasteiger partial charge >= 0.3 is 5.97 Å². The molecule has 0 bridgehead atoms. The monoisotopic (exact) mass is 259 g/mol. The molecule has 0 N–H and O–H groups in total. The van der Waals surface area contributed by atoms with Gasteiger partial charge in [0.2, 0.25) is 0 Å². The van der Waals surface area contributed by atoms with Gasteiger partial charge in [-0.1, -0.05) is 0 Å². The van der Waals surface area contributed by atoms with E-state index in [0.717, 1.165) is 18.2 Å². The van der Waals surface area contributed by atoms with Crippen LogP contribution in [0.1, 0.15) is 15.9 Å². The Morgan fingerprint density at radius 3 is 2.37 bits per heavy atom. The summed E-state index contributed by atoms with van der Waals surface area (Å²) in [5, 5.41) is 8.56. The van der Waals surface area contributed by atoms with Gasteiger partial charge in [-0.05, 0) is 36.4 Å². The highest BCUT2D eigenvalue weighted by molar-refractivity contribution is 5.90. The summed E-state index contributed by atoms with van der Waals surface area (Å²) in [7, 11) is 0. The standard InChI is InChI=1S/C14H7F2NO2/c15-11-4-1-9(2-5-11)14(18)19-12-6-3-10(8-17)13(16)7-12/h1-7H. The summed E-state index contributed by atoms with van der Waals surface area (Å²) in [4.78, 5) is 11.7. The molecule has 0 amide bonds. The second-order valence-electron chi connectivity index (χ2n) is 3.65. The van der Waals surface area contributed by atoms with Crippen molar-refractivity contribution in [2.24, 2.45) is 0 Å². The summed E-state index contributed by atoms with van der Waals surface area (Å²) >= 11 is 0. The number of benzene rings is 2. The van der Waals surface area contributed by atoms with Crippen LogP contribution in [0.5, 0.6) is 5.75 Å². The van der Waals surface area contributed by atoms with E-state index in [4.69, 9.17) is 10.00 Å². The summed E-state index contributed by atoms with van der Waals surface area (Å²) < 4.78 is 30.9. The smallest absolute Gasteiger partial charge is 0.343 e. The first-order valence-corrected chi connectivity index (χ1v) is 5.27. The van der Waals surface area contributed by atoms with Crippen molar-refractivity contribution in [3.05, 3.63) is 65.2 Å². The Morgan fingerprint density at radius 2 is 1.79 bits per heavy atom. The molecule has 3 nitrogen and oxygen atoms in total. The zero-order chi connectivity index (χ0) is 13.8. The first-order valence-electron chi connectivity index (χ1n) is 5.27. The topological polar surface area (TPSA) is 50.1 Å². The van der Waals surface area contributed by atoms with Crippen LogP contribution in [-0.2, 0) is 0 Å². The molecule has 0 saturated carbocycles. The molecule has 0 spiro atoms. The fourth-order valence-corrected chi connectivity index (χ4v) is 1.40. The summed E-state index contributed by atoms with van der Waals surface area (Å²) in [5.74, 6) is -2.00. The molecule has 0 unspecified atom stereocenters. The third-order valence-corrected chi connectivity index (χ3v) is 2.35. The van der Waals surface area contributed by atoms with Crippen LogP contribution in [0.4, 0.5) is 8.78 Å². The molecule has 94 valence electrons. The quantitative estimate of drug-likeness (QED) is 0.615. The average molecular weight is 259 g/mol. The van der Waals surface area contributed by atoms with Crippen LogP contribution in [0.3, 0.4) is 0 Å². The molecular weight excluding hydrogens is 252 g/mol. The van der Waals surface area contributed by atoms with Crippen LogP contribution in [-0.4, -0.2) is 5.97 Å². The van der Waals surface area contributed by atoms with Crippen molar-refractivity contribution in [2.45, 2.75) is 0 Å². The van der Waals surface area contributed by atoms with E-state index in [1.807, 2.05) is 0 Å². The van der Waals surface area contributed by atoms with Crippen molar-refractivity contribution < 1.29 is 18.3 Å². The van der Waals surface area contributed by atoms with Crippen molar-refractivity contribution >= 4 is 5.97 Å². The highest BCUT2D eigenvalue weighted by Gasteiger charge is 2.10. The average Bonchev–Trinajstić information content (AvgIpc) is 2.39. The van der Waals surface area contributed by atoms with Gasteiger partial charge in [-0.25, -0.2) is 13.6 Å². The van der Waals surface area contributed by atoms with Crippen LogP contribution in [0.2, 0.25) is 0 Å². The van der Waals surface area contributed by atoms with Crippen LogP contribution in [0.25, 0.3) is 0 Å². The number of ether oxygens (including phenoxy) is 1. The number of esters is 1. The lowest BCUT2D eigenvalue weighted by Gasteiger charge is -2.04. The van der Waals surface area contributed by atoms with Crippen LogP contribution < -0.4 is 4.74 Å². The van der Waals surface area contributed by atoms with E-state index in [-0.39, 0.29) is 16.9 Å². The first kappa shape index (κ1) is 12.7. The predicted molar refractivity (Wildman–Crippen MR) is 62.5 cm³/mol. The van der Waals surface area contributed by atoms with E-state index in [2.05, 4.69) is 0 Å². The van der Waals surface area contributed by atoms with Gasteiger partial charge in [0.25, 0.3) is 0 Å². The molecule has 0 radical (unpaired) electrons. The molecule has 0 aliphatic heterocycles. The van der Waals surface area contributed by atoms with Crippen LogP contribution in [0.15, 0.2) is 42.5 Å². The third kappa shape index (κ3) is 2.93. The van der Waals surface area contributed by atoms with Gasteiger partial charge in [-0.2, -0.15) is 5.26 Å². The van der Waals surface area contributed by atoms with Gasteiger partial charge in [-0.15, -0.1) is 0 Å². The molecule has 19 heavy (non-hydrogen) atoms. The first-order chi connectivity index (χ1) is 9.10. The minimum absolute atomic E-state index is 0.0224. The SMILES string of the molecule is N#Cc1ccc(OC(=O)c2ccc(F)cc2)cc1F. The van der Waals surface area contributed by atoms with E-state index in [0.29, 0.717) is 0 Å². The Bertz CT molecular complexity index is 660. The van der Waals surface area contributed by atoms with Gasteiger partial charge in [0.05, 0.1) is 11.1 Å². The number of carbonyl (C=O) groups is 1. The van der Waals surface area contributed by atoms with Gasteiger partial charge in [0.1, 0.15) is 23.5 Å². The lowest BCUT2D eigenvalue weighted by atomic mass is 10.2. The summed E-state index contributed by atoms with van der Waals surface area (Å²) in [5.41, 5.74) is 0.00718. The van der Waals surface area contributed by atoms with Gasteiger partial charge in [-0.3, -0.25) is 0 Å². The van der Waals surface area contributed by atoms with Crippen molar-refractivity contribution in [1.29, 1.82) is 5.26 Å². The zero-order valence-corrected chi connectivity index (χ0v) is 9.56. The number of rotatable bonds is 2. The second kappa shape index (κ2) is 5.27. The molecule has 0 atom stereocenters. The van der Waals surface area contributed by atoms with Crippen LogP contribution in [0, 0.1) is 23.0 Å². The Balaban J connectivity index is 2.17. The van der Waals surface area contributed by atoms with Gasteiger partial charge < -0.3 is 4.74 Å². The zero-order valence-electron chi connectivity index (χ0n) is 9.56. The Kier molecular flexibility index (Phi) is 3.53. The van der Waals surface area contributed by atoms with E-state index in [1.165, 1.54) is 24.3 Å². The molecule has 5 heteroatoms. The largest absolute Gasteiger partial charge is 0.423 e. The third-order valence-electron chi connectivity index (χ3n) is 2.35. The minimum Gasteiger partial charge on any atom is -0.423 e. The Hall–Kier alpha value is -2.74. The fraction of sp³-hybridized carbons (Fsp3) is 0. The minimum atomic E-state index is -0.771.